The normalized spacial score (nSPS) is 12.0. The number of hydrogen-bond acceptors (Lipinski definition) is 3. The van der Waals surface area contributed by atoms with Crippen LogP contribution in [0.4, 0.5) is 5.69 Å². The number of rotatable bonds is 6. The third-order valence-corrected chi connectivity index (χ3v) is 3.30. The van der Waals surface area contributed by atoms with Crippen LogP contribution >= 0.6 is 0 Å². The summed E-state index contributed by atoms with van der Waals surface area (Å²) in [6.45, 7) is 1.95. The molecule has 0 aliphatic heterocycles. The predicted molar refractivity (Wildman–Crippen MR) is 89.9 cm³/mol. The lowest BCUT2D eigenvalue weighted by atomic mass is 10.1. The lowest BCUT2D eigenvalue weighted by molar-refractivity contribution is -0.384. The maximum atomic E-state index is 11.9. The maximum absolute atomic E-state index is 11.9. The number of non-ortho nitro benzene ring substituents is 1. The molecule has 0 aliphatic carbocycles. The molecule has 2 aromatic rings. The average molecular weight is 310 g/mol. The first kappa shape index (κ1) is 16.4. The number of carbonyl (C=O) groups is 1. The van der Waals surface area contributed by atoms with E-state index >= 15 is 0 Å². The molecule has 1 unspecified atom stereocenters. The van der Waals surface area contributed by atoms with E-state index in [0.717, 1.165) is 12.0 Å². The molecule has 5 heteroatoms. The number of benzene rings is 2. The fourth-order valence-corrected chi connectivity index (χ4v) is 2.19. The number of nitrogens with zero attached hydrogens (tertiary/aromatic N) is 1. The van der Waals surface area contributed by atoms with Gasteiger partial charge in [-0.2, -0.15) is 0 Å². The van der Waals surface area contributed by atoms with Crippen molar-refractivity contribution in [1.29, 1.82) is 0 Å². The van der Waals surface area contributed by atoms with Crippen molar-refractivity contribution in [2.45, 2.75) is 19.4 Å². The molecule has 0 radical (unpaired) electrons. The predicted octanol–water partition coefficient (Wildman–Crippen LogP) is 3.36. The number of amides is 1. The molecule has 2 aromatic carbocycles. The van der Waals surface area contributed by atoms with Crippen molar-refractivity contribution >= 4 is 17.7 Å². The zero-order valence-corrected chi connectivity index (χ0v) is 12.8. The molecule has 5 nitrogen and oxygen atoms in total. The average Bonchev–Trinajstić information content (AvgIpc) is 2.54. The van der Waals surface area contributed by atoms with Crippen LogP contribution in [0.15, 0.2) is 60.7 Å². The first-order valence-electron chi connectivity index (χ1n) is 7.31. The third kappa shape index (κ3) is 5.39. The number of carbonyl (C=O) groups excluding carboxylic acids is 1. The molecule has 1 amide bonds. The van der Waals surface area contributed by atoms with E-state index in [4.69, 9.17) is 0 Å². The standard InChI is InChI=1S/C18H18N2O3/c1-14(13-16-5-3-2-4-6-16)19-18(21)12-9-15-7-10-17(11-8-15)20(22)23/h2-12,14H,13H2,1H3,(H,19,21)/b12-9+. The van der Waals surface area contributed by atoms with Gasteiger partial charge >= 0.3 is 0 Å². The van der Waals surface area contributed by atoms with Gasteiger partial charge in [0.2, 0.25) is 5.91 Å². The lowest BCUT2D eigenvalue weighted by Gasteiger charge is -2.12. The quantitative estimate of drug-likeness (QED) is 0.505. The van der Waals surface area contributed by atoms with Crippen molar-refractivity contribution in [3.63, 3.8) is 0 Å². The second kappa shape index (κ2) is 7.89. The van der Waals surface area contributed by atoms with Crippen LogP contribution in [-0.2, 0) is 11.2 Å². The highest BCUT2D eigenvalue weighted by atomic mass is 16.6. The van der Waals surface area contributed by atoms with E-state index in [1.807, 2.05) is 37.3 Å². The zero-order valence-electron chi connectivity index (χ0n) is 12.8. The number of nitro groups is 1. The van der Waals surface area contributed by atoms with Gasteiger partial charge in [-0.25, -0.2) is 0 Å². The van der Waals surface area contributed by atoms with Crippen LogP contribution in [0.3, 0.4) is 0 Å². The molecule has 0 bridgehead atoms. The van der Waals surface area contributed by atoms with Gasteiger partial charge in [-0.05, 0) is 42.7 Å². The summed E-state index contributed by atoms with van der Waals surface area (Å²) in [6, 6.07) is 16.0. The lowest BCUT2D eigenvalue weighted by Crippen LogP contribution is -2.32. The van der Waals surface area contributed by atoms with Crippen molar-refractivity contribution < 1.29 is 9.72 Å². The van der Waals surface area contributed by atoms with Crippen molar-refractivity contribution in [3.05, 3.63) is 81.9 Å². The summed E-state index contributed by atoms with van der Waals surface area (Å²) in [4.78, 5) is 22.0. The van der Waals surface area contributed by atoms with Crippen molar-refractivity contribution in [2.75, 3.05) is 0 Å². The van der Waals surface area contributed by atoms with Crippen LogP contribution in [0.5, 0.6) is 0 Å². The maximum Gasteiger partial charge on any atom is 0.269 e. The molecule has 0 aromatic heterocycles. The fraction of sp³-hybridized carbons (Fsp3) is 0.167. The van der Waals surface area contributed by atoms with Gasteiger partial charge in [0.25, 0.3) is 5.69 Å². The van der Waals surface area contributed by atoms with Crippen LogP contribution in [-0.4, -0.2) is 16.9 Å². The summed E-state index contributed by atoms with van der Waals surface area (Å²) < 4.78 is 0. The monoisotopic (exact) mass is 310 g/mol. The van der Waals surface area contributed by atoms with Crippen LogP contribution in [0.2, 0.25) is 0 Å². The Morgan fingerprint density at radius 2 is 1.83 bits per heavy atom. The van der Waals surface area contributed by atoms with Crippen LogP contribution in [0.1, 0.15) is 18.1 Å². The van der Waals surface area contributed by atoms with E-state index in [1.165, 1.54) is 23.8 Å². The molecule has 0 saturated heterocycles. The van der Waals surface area contributed by atoms with Gasteiger partial charge in [-0.15, -0.1) is 0 Å². The summed E-state index contributed by atoms with van der Waals surface area (Å²) in [5.74, 6) is -0.188. The van der Waals surface area contributed by atoms with Gasteiger partial charge in [0, 0.05) is 24.3 Å². The molecule has 0 spiro atoms. The second-order valence-corrected chi connectivity index (χ2v) is 5.28. The van der Waals surface area contributed by atoms with Gasteiger partial charge < -0.3 is 5.32 Å². The second-order valence-electron chi connectivity index (χ2n) is 5.28. The molecular formula is C18H18N2O3. The molecule has 118 valence electrons. The molecule has 2 rings (SSSR count). The van der Waals surface area contributed by atoms with Crippen molar-refractivity contribution in [1.82, 2.24) is 5.32 Å². The Labute approximate surface area is 134 Å². The minimum Gasteiger partial charge on any atom is -0.350 e. The van der Waals surface area contributed by atoms with Crippen LogP contribution < -0.4 is 5.32 Å². The molecule has 1 atom stereocenters. The van der Waals surface area contributed by atoms with Crippen LogP contribution in [0, 0.1) is 10.1 Å². The fourth-order valence-electron chi connectivity index (χ4n) is 2.19. The van der Waals surface area contributed by atoms with E-state index in [2.05, 4.69) is 5.32 Å². The number of nitrogens with one attached hydrogen (secondary N) is 1. The van der Waals surface area contributed by atoms with Gasteiger partial charge in [-0.1, -0.05) is 30.3 Å². The first-order valence-corrected chi connectivity index (χ1v) is 7.31. The zero-order chi connectivity index (χ0) is 16.7. The van der Waals surface area contributed by atoms with Gasteiger partial charge in [-0.3, -0.25) is 14.9 Å². The third-order valence-electron chi connectivity index (χ3n) is 3.30. The summed E-state index contributed by atoms with van der Waals surface area (Å²) >= 11 is 0. The molecule has 0 aliphatic rings. The Balaban J connectivity index is 1.87. The minimum atomic E-state index is -0.453. The van der Waals surface area contributed by atoms with Crippen LogP contribution in [0.25, 0.3) is 6.08 Å². The number of hydrogen-bond donors (Lipinski definition) is 1. The molecule has 23 heavy (non-hydrogen) atoms. The smallest absolute Gasteiger partial charge is 0.269 e. The molecule has 1 N–H and O–H groups in total. The van der Waals surface area contributed by atoms with E-state index in [1.54, 1.807) is 18.2 Å². The SMILES string of the molecule is CC(Cc1ccccc1)NC(=O)/C=C/c1ccc([N+](=O)[O-])cc1. The summed E-state index contributed by atoms with van der Waals surface area (Å²) in [5.41, 5.74) is 1.93. The Kier molecular flexibility index (Phi) is 5.63. The van der Waals surface area contributed by atoms with Gasteiger partial charge in [0.15, 0.2) is 0 Å². The van der Waals surface area contributed by atoms with E-state index in [-0.39, 0.29) is 17.6 Å². The largest absolute Gasteiger partial charge is 0.350 e. The van der Waals surface area contributed by atoms with Crippen molar-refractivity contribution in [2.24, 2.45) is 0 Å². The summed E-state index contributed by atoms with van der Waals surface area (Å²) in [7, 11) is 0. The first-order chi connectivity index (χ1) is 11.0. The summed E-state index contributed by atoms with van der Waals surface area (Å²) in [5, 5.41) is 13.5. The van der Waals surface area contributed by atoms with Crippen molar-refractivity contribution in [3.8, 4) is 0 Å². The molecular weight excluding hydrogens is 292 g/mol. The Morgan fingerprint density at radius 1 is 1.17 bits per heavy atom. The molecule has 0 saturated carbocycles. The Bertz CT molecular complexity index is 694. The Hall–Kier alpha value is -2.95. The Morgan fingerprint density at radius 3 is 2.43 bits per heavy atom. The highest BCUT2D eigenvalue weighted by molar-refractivity contribution is 5.91. The highest BCUT2D eigenvalue weighted by Gasteiger charge is 2.06. The van der Waals surface area contributed by atoms with Gasteiger partial charge in [0.1, 0.15) is 0 Å². The molecule has 0 heterocycles. The topological polar surface area (TPSA) is 72.2 Å². The van der Waals surface area contributed by atoms with E-state index in [9.17, 15) is 14.9 Å². The molecule has 0 fully saturated rings. The minimum absolute atomic E-state index is 0.0198. The summed E-state index contributed by atoms with van der Waals surface area (Å²) in [6.07, 6.45) is 3.83. The van der Waals surface area contributed by atoms with E-state index in [0.29, 0.717) is 0 Å². The number of nitro benzene ring substituents is 1. The highest BCUT2D eigenvalue weighted by Crippen LogP contribution is 2.12. The van der Waals surface area contributed by atoms with Gasteiger partial charge in [0.05, 0.1) is 4.92 Å². The van der Waals surface area contributed by atoms with E-state index < -0.39 is 4.92 Å².